The highest BCUT2D eigenvalue weighted by atomic mass is 16.6. The summed E-state index contributed by atoms with van der Waals surface area (Å²) in [5.74, 6) is -7.63. The number of aliphatic hydroxyl groups is 2. The van der Waals surface area contributed by atoms with Gasteiger partial charge in [0.1, 0.15) is 30.5 Å². The molecule has 1 aromatic rings. The predicted octanol–water partition coefficient (Wildman–Crippen LogP) is 8.34. The Bertz CT molecular complexity index is 2710. The number of aliphatic hydroxyl groups excluding tert-OH is 1. The van der Waals surface area contributed by atoms with E-state index < -0.39 is 96.0 Å². The second kappa shape index (κ2) is 35.8. The van der Waals surface area contributed by atoms with Gasteiger partial charge in [-0.25, -0.2) is 14.8 Å². The van der Waals surface area contributed by atoms with Crippen molar-refractivity contribution in [1.29, 1.82) is 0 Å². The number of amides is 2. The van der Waals surface area contributed by atoms with E-state index in [0.29, 0.717) is 128 Å². The Morgan fingerprint density at radius 3 is 2.27 bits per heavy atom. The molecule has 0 aromatic carbocycles. The number of anilines is 1. The summed E-state index contributed by atoms with van der Waals surface area (Å²) in [7, 11) is 4.54. The number of hydrogen-bond acceptors (Lipinski definition) is 19. The first-order chi connectivity index (χ1) is 43.0. The first kappa shape index (κ1) is 73.1. The molecular weight excluding hydrogens is 1160 g/mol. The summed E-state index contributed by atoms with van der Waals surface area (Å²) in [6, 6.07) is -2.03. The van der Waals surface area contributed by atoms with Crippen molar-refractivity contribution in [2.75, 3.05) is 72.2 Å². The third-order valence-corrected chi connectivity index (χ3v) is 19.0. The van der Waals surface area contributed by atoms with Gasteiger partial charge in [-0.2, -0.15) is 0 Å². The highest BCUT2D eigenvalue weighted by molar-refractivity contribution is 6.39. The number of ketones is 2. The Morgan fingerprint density at radius 2 is 1.59 bits per heavy atom. The minimum atomic E-state index is -2.47. The summed E-state index contributed by atoms with van der Waals surface area (Å²) in [6.07, 6.45) is 15.2. The lowest BCUT2D eigenvalue weighted by molar-refractivity contribution is -0.265. The Hall–Kier alpha value is -5.91. The quantitative estimate of drug-likeness (QED) is 0.0299. The van der Waals surface area contributed by atoms with Crippen LogP contribution in [0.4, 0.5) is 5.95 Å². The molecule has 0 unspecified atom stereocenters. The molecule has 500 valence electrons. The normalized spacial score (nSPS) is 34.1. The van der Waals surface area contributed by atoms with Crippen LogP contribution < -0.4 is 4.90 Å². The van der Waals surface area contributed by atoms with Gasteiger partial charge < -0.3 is 58.1 Å². The first-order valence-electron chi connectivity index (χ1n) is 32.7. The number of esters is 2. The van der Waals surface area contributed by atoms with Gasteiger partial charge >= 0.3 is 11.9 Å². The molecule has 1 saturated carbocycles. The fraction of sp³-hybridized carbons (Fsp3) is 0.731. The molecule has 0 spiro atoms. The van der Waals surface area contributed by atoms with Crippen molar-refractivity contribution in [2.45, 2.75) is 212 Å². The van der Waals surface area contributed by atoms with E-state index >= 15 is 0 Å². The van der Waals surface area contributed by atoms with Crippen LogP contribution in [0, 0.1) is 35.5 Å². The van der Waals surface area contributed by atoms with Gasteiger partial charge in [-0.15, -0.1) is 0 Å². The number of Topliss-reactive ketones (excluding diaryl/α,β-unsaturated/α-hetero) is 2. The number of rotatable bonds is 16. The minimum Gasteiger partial charge on any atom is -0.461 e. The van der Waals surface area contributed by atoms with Gasteiger partial charge in [0.2, 0.25) is 17.6 Å². The minimum absolute atomic E-state index is 0.00801. The predicted molar refractivity (Wildman–Crippen MR) is 337 cm³/mol. The second-order valence-electron chi connectivity index (χ2n) is 25.7. The fourth-order valence-corrected chi connectivity index (χ4v) is 13.3. The number of nitrogens with zero attached hydrogens (tertiary/aromatic N) is 8. The van der Waals surface area contributed by atoms with Crippen LogP contribution in [0.2, 0.25) is 0 Å². The largest absolute Gasteiger partial charge is 0.461 e. The monoisotopic (exact) mass is 1260 g/mol. The maximum Gasteiger partial charge on any atom is 0.329 e. The zero-order chi connectivity index (χ0) is 65.7. The number of piperidine rings is 1. The number of allylic oxidation sites excluding steroid dienone is 5. The Kier molecular flexibility index (Phi) is 29.1. The van der Waals surface area contributed by atoms with Crippen molar-refractivity contribution < 1.29 is 72.1 Å². The van der Waals surface area contributed by atoms with E-state index in [-0.39, 0.29) is 61.2 Å². The third kappa shape index (κ3) is 20.3. The van der Waals surface area contributed by atoms with Crippen molar-refractivity contribution in [1.82, 2.24) is 19.8 Å². The lowest BCUT2D eigenvalue weighted by Crippen LogP contribution is -2.61. The van der Waals surface area contributed by atoms with Crippen LogP contribution in [0.3, 0.4) is 0 Å². The van der Waals surface area contributed by atoms with E-state index in [2.05, 4.69) is 20.0 Å². The molecule has 5 heterocycles. The van der Waals surface area contributed by atoms with E-state index in [9.17, 15) is 44.5 Å². The standard InChI is InChI=1S/C67H102N8O15/c1-12-87-33-27-58(76)73-29-31-74(32-30-73)66-69-40-50(41-70-66)23-26-59(77)88-54-25-22-49(37-57(54)85-10)36-45(5)56-39-52(71-72-68)44(4)35-47(7)61(79)62(86-11)60(78)46(6)34-42(2)18-14-13-15-19-43(3)55(84-9)38-51-24-21-48(8)67(83,90-51)63(80)64(81)75-28-17-16-20-53(75)65(82)89-56/h13-15,18-19,35,40-42,44-46,48-49,51-57,61-62,79,83H,12,16-17,20-34,36-39H2,1-11H3/b15-13+,18-14+,43-19+,47-35+/t42-,44-,45-,46-,48-,49+,51+,52+,53+,54-,55+,56+,57-,61-,62+,67-/m1/s1. The van der Waals surface area contributed by atoms with E-state index in [0.717, 1.165) is 11.1 Å². The SMILES string of the molecule is CCOCCC(=O)N1CCN(c2ncc(CCC(=O)O[C@@H]3CC[C@@H](C[C@@H](C)[C@@H]4C[C@H](N=[N+]=[N-])[C@H](C)/C=C(\C)[C@@H](O)[C@@H](OC)C(=O)[C@H](C)C[C@H](C)/C=C/C=C/C=C(\C)[C@@H](OC)C[C@@H]5CC[C@@H](C)[C@@](O)(O5)C(=O)C(=O)N5CCCC[C@H]5C(=O)O4)C[C@H]3OC)cn2)CC1. The first-order valence-corrected chi connectivity index (χ1v) is 32.7. The summed E-state index contributed by atoms with van der Waals surface area (Å²) < 4.78 is 41.7. The summed E-state index contributed by atoms with van der Waals surface area (Å²) in [6.45, 7) is 18.1. The van der Waals surface area contributed by atoms with Gasteiger partial charge in [0.05, 0.1) is 31.3 Å². The smallest absolute Gasteiger partial charge is 0.329 e. The number of hydrogen-bond donors (Lipinski definition) is 2. The maximum absolute atomic E-state index is 14.9. The maximum atomic E-state index is 14.9. The van der Waals surface area contributed by atoms with Crippen LogP contribution in [0.5, 0.6) is 0 Å². The van der Waals surface area contributed by atoms with Crippen LogP contribution in [-0.2, 0) is 68.3 Å². The Balaban J connectivity index is 1.19. The molecule has 4 aliphatic heterocycles. The van der Waals surface area contributed by atoms with Crippen molar-refractivity contribution >= 4 is 41.3 Å². The van der Waals surface area contributed by atoms with Gasteiger partial charge in [-0.3, -0.25) is 24.0 Å². The molecule has 16 atom stereocenters. The van der Waals surface area contributed by atoms with Crippen molar-refractivity contribution in [3.63, 3.8) is 0 Å². The Labute approximate surface area is 532 Å². The van der Waals surface area contributed by atoms with Crippen LogP contribution >= 0.6 is 0 Å². The van der Waals surface area contributed by atoms with Crippen molar-refractivity contribution in [2.24, 2.45) is 40.6 Å². The zero-order valence-corrected chi connectivity index (χ0v) is 55.1. The number of azide groups is 1. The molecule has 6 rings (SSSR count). The number of piperazine rings is 1. The van der Waals surface area contributed by atoms with E-state index in [4.69, 9.17) is 33.2 Å². The van der Waals surface area contributed by atoms with Gasteiger partial charge in [-0.1, -0.05) is 76.2 Å². The van der Waals surface area contributed by atoms with Crippen molar-refractivity contribution in [3.8, 4) is 0 Å². The number of carbonyl (C=O) groups is 6. The molecule has 2 bridgehead atoms. The molecule has 1 aromatic heterocycles. The van der Waals surface area contributed by atoms with Crippen LogP contribution in [-0.4, -0.2) is 193 Å². The van der Waals surface area contributed by atoms with E-state index in [1.165, 1.54) is 12.0 Å². The van der Waals surface area contributed by atoms with E-state index in [1.807, 2.05) is 81.7 Å². The van der Waals surface area contributed by atoms with E-state index in [1.54, 1.807) is 46.5 Å². The molecule has 5 aliphatic rings. The van der Waals surface area contributed by atoms with Gasteiger partial charge in [0.25, 0.3) is 11.7 Å². The van der Waals surface area contributed by atoms with Crippen LogP contribution in [0.25, 0.3) is 10.4 Å². The summed E-state index contributed by atoms with van der Waals surface area (Å²) in [4.78, 5) is 101. The molecule has 0 radical (unpaired) electrons. The lowest BCUT2D eigenvalue weighted by Gasteiger charge is -2.43. The van der Waals surface area contributed by atoms with Gasteiger partial charge in [-0.05, 0) is 144 Å². The number of methoxy groups -OCH3 is 3. The molecule has 90 heavy (non-hydrogen) atoms. The highest BCUT2D eigenvalue weighted by Crippen LogP contribution is 2.39. The molecule has 23 nitrogen and oxygen atoms in total. The van der Waals surface area contributed by atoms with Gasteiger partial charge in [0, 0.05) is 109 Å². The zero-order valence-electron chi connectivity index (χ0n) is 55.1. The molecule has 2 N–H and O–H groups in total. The van der Waals surface area contributed by atoms with Crippen molar-refractivity contribution in [3.05, 3.63) is 76.0 Å². The summed E-state index contributed by atoms with van der Waals surface area (Å²) in [5.41, 5.74) is 12.1. The summed E-state index contributed by atoms with van der Waals surface area (Å²) in [5, 5.41) is 28.1. The van der Waals surface area contributed by atoms with Crippen LogP contribution in [0.1, 0.15) is 151 Å². The molecule has 4 fully saturated rings. The number of ether oxygens (including phenoxy) is 7. The average molecular weight is 1260 g/mol. The summed E-state index contributed by atoms with van der Waals surface area (Å²) >= 11 is 0. The number of fused-ring (bicyclic) bond motifs is 3. The molecule has 23 heteroatoms. The van der Waals surface area contributed by atoms with Crippen LogP contribution in [0.15, 0.2) is 65.1 Å². The molecule has 2 amide bonds. The Morgan fingerprint density at radius 1 is 0.856 bits per heavy atom. The molecular formula is C67H102N8O15. The highest BCUT2D eigenvalue weighted by Gasteiger charge is 2.53. The number of aromatic nitrogens is 2. The number of cyclic esters (lactones) is 1. The number of carbonyl (C=O) groups excluding carboxylic acids is 6. The molecule has 3 saturated heterocycles. The molecule has 1 aliphatic carbocycles. The third-order valence-electron chi connectivity index (χ3n) is 19.0. The second-order valence-corrected chi connectivity index (χ2v) is 25.7. The van der Waals surface area contributed by atoms with Gasteiger partial charge in [0.15, 0.2) is 5.78 Å². The fourth-order valence-electron chi connectivity index (χ4n) is 13.3. The average Bonchev–Trinajstić information content (AvgIpc) is 1.05. The lowest BCUT2D eigenvalue weighted by atomic mass is 9.78. The topological polar surface area (TPSA) is 292 Å². The number of aryl methyl sites for hydroxylation is 1.